The summed E-state index contributed by atoms with van der Waals surface area (Å²) in [6.07, 6.45) is 4.91. The molecule has 6 nitrogen and oxygen atoms in total. The third-order valence-corrected chi connectivity index (χ3v) is 3.26. The van der Waals surface area contributed by atoms with Crippen molar-refractivity contribution in [3.8, 4) is 0 Å². The Hall–Kier alpha value is -1.89. The standard InChI is InChI=1S/C12H14N4O2S/c1-7-10(8(2)18-16-7)6-13-11(17)9-4-14-12(19-3)15-5-9/h4-5H,6H2,1-3H3,(H,13,17). The van der Waals surface area contributed by atoms with Crippen LogP contribution in [0.2, 0.25) is 0 Å². The number of amides is 1. The van der Waals surface area contributed by atoms with Gasteiger partial charge in [-0.1, -0.05) is 16.9 Å². The van der Waals surface area contributed by atoms with E-state index in [4.69, 9.17) is 4.52 Å². The molecule has 19 heavy (non-hydrogen) atoms. The van der Waals surface area contributed by atoms with E-state index < -0.39 is 0 Å². The summed E-state index contributed by atoms with van der Waals surface area (Å²) in [6.45, 7) is 4.04. The number of hydrogen-bond acceptors (Lipinski definition) is 6. The highest BCUT2D eigenvalue weighted by Crippen LogP contribution is 2.12. The van der Waals surface area contributed by atoms with Gasteiger partial charge in [-0.15, -0.1) is 0 Å². The molecule has 0 aliphatic rings. The van der Waals surface area contributed by atoms with E-state index in [-0.39, 0.29) is 5.91 Å². The molecule has 0 spiro atoms. The van der Waals surface area contributed by atoms with Gasteiger partial charge in [0.1, 0.15) is 5.76 Å². The Balaban J connectivity index is 2.01. The molecule has 2 aromatic rings. The van der Waals surface area contributed by atoms with Crippen LogP contribution in [0, 0.1) is 13.8 Å². The molecule has 0 unspecified atom stereocenters. The van der Waals surface area contributed by atoms with Crippen LogP contribution in [0.1, 0.15) is 27.4 Å². The molecule has 0 saturated carbocycles. The van der Waals surface area contributed by atoms with Gasteiger partial charge in [0.25, 0.3) is 5.91 Å². The van der Waals surface area contributed by atoms with Crippen LogP contribution in [0.5, 0.6) is 0 Å². The van der Waals surface area contributed by atoms with Gasteiger partial charge in [-0.2, -0.15) is 0 Å². The number of rotatable bonds is 4. The molecule has 100 valence electrons. The van der Waals surface area contributed by atoms with Gasteiger partial charge in [0.15, 0.2) is 5.16 Å². The van der Waals surface area contributed by atoms with Crippen molar-refractivity contribution in [1.82, 2.24) is 20.4 Å². The maximum atomic E-state index is 11.9. The Morgan fingerprint density at radius 3 is 2.58 bits per heavy atom. The number of nitrogens with zero attached hydrogens (tertiary/aromatic N) is 3. The first-order valence-corrected chi connectivity index (χ1v) is 6.90. The summed E-state index contributed by atoms with van der Waals surface area (Å²) in [5.74, 6) is 0.499. The van der Waals surface area contributed by atoms with E-state index in [0.29, 0.717) is 23.0 Å². The van der Waals surface area contributed by atoms with Crippen LogP contribution >= 0.6 is 11.8 Å². The molecule has 0 aliphatic carbocycles. The minimum Gasteiger partial charge on any atom is -0.361 e. The summed E-state index contributed by atoms with van der Waals surface area (Å²) in [5.41, 5.74) is 2.12. The van der Waals surface area contributed by atoms with Crippen LogP contribution < -0.4 is 5.32 Å². The van der Waals surface area contributed by atoms with Crippen LogP contribution in [0.4, 0.5) is 0 Å². The number of aromatic nitrogens is 3. The van der Waals surface area contributed by atoms with Gasteiger partial charge in [0.05, 0.1) is 11.3 Å². The van der Waals surface area contributed by atoms with Crippen molar-refractivity contribution in [2.24, 2.45) is 0 Å². The van der Waals surface area contributed by atoms with Gasteiger partial charge < -0.3 is 9.84 Å². The first-order valence-electron chi connectivity index (χ1n) is 5.67. The molecule has 0 atom stereocenters. The highest BCUT2D eigenvalue weighted by atomic mass is 32.2. The second-order valence-electron chi connectivity index (χ2n) is 3.94. The van der Waals surface area contributed by atoms with Crippen molar-refractivity contribution in [2.75, 3.05) is 6.26 Å². The minimum absolute atomic E-state index is 0.215. The molecule has 0 fully saturated rings. The summed E-state index contributed by atoms with van der Waals surface area (Å²) < 4.78 is 5.03. The molecule has 1 N–H and O–H groups in total. The molecule has 0 aromatic carbocycles. The normalized spacial score (nSPS) is 10.5. The molecule has 0 aliphatic heterocycles. The summed E-state index contributed by atoms with van der Waals surface area (Å²) in [6, 6.07) is 0. The van der Waals surface area contributed by atoms with E-state index in [0.717, 1.165) is 11.3 Å². The second-order valence-corrected chi connectivity index (χ2v) is 4.72. The zero-order valence-electron chi connectivity index (χ0n) is 10.9. The largest absolute Gasteiger partial charge is 0.361 e. The molecule has 0 bridgehead atoms. The predicted molar refractivity (Wildman–Crippen MR) is 71.0 cm³/mol. The van der Waals surface area contributed by atoms with E-state index in [1.54, 1.807) is 0 Å². The maximum Gasteiger partial charge on any atom is 0.254 e. The third kappa shape index (κ3) is 3.11. The lowest BCUT2D eigenvalue weighted by molar-refractivity contribution is 0.0950. The first-order chi connectivity index (χ1) is 9.11. The quantitative estimate of drug-likeness (QED) is 0.677. The average Bonchev–Trinajstić information content (AvgIpc) is 2.75. The third-order valence-electron chi connectivity index (χ3n) is 2.68. The highest BCUT2D eigenvalue weighted by molar-refractivity contribution is 7.98. The molecule has 1 amide bonds. The van der Waals surface area contributed by atoms with Gasteiger partial charge in [-0.3, -0.25) is 4.79 Å². The lowest BCUT2D eigenvalue weighted by atomic mass is 10.2. The van der Waals surface area contributed by atoms with Gasteiger partial charge >= 0.3 is 0 Å². The molecule has 0 saturated heterocycles. The van der Waals surface area contributed by atoms with E-state index in [1.165, 1.54) is 24.2 Å². The molecule has 7 heteroatoms. The number of carbonyl (C=O) groups excluding carboxylic acids is 1. The SMILES string of the molecule is CSc1ncc(C(=O)NCc2c(C)noc2C)cn1. The van der Waals surface area contributed by atoms with E-state index in [9.17, 15) is 4.79 Å². The fourth-order valence-electron chi connectivity index (χ4n) is 1.56. The lowest BCUT2D eigenvalue weighted by Crippen LogP contribution is -2.23. The Labute approximate surface area is 115 Å². The van der Waals surface area contributed by atoms with E-state index >= 15 is 0 Å². The fraction of sp³-hybridized carbons (Fsp3) is 0.333. The van der Waals surface area contributed by atoms with Crippen molar-refractivity contribution in [3.63, 3.8) is 0 Å². The molecule has 2 aromatic heterocycles. The Morgan fingerprint density at radius 1 is 1.37 bits per heavy atom. The number of aryl methyl sites for hydroxylation is 2. The molecule has 0 radical (unpaired) electrons. The molecule has 2 rings (SSSR count). The average molecular weight is 278 g/mol. The van der Waals surface area contributed by atoms with Crippen molar-refractivity contribution in [2.45, 2.75) is 25.5 Å². The summed E-state index contributed by atoms with van der Waals surface area (Å²) >= 11 is 1.43. The van der Waals surface area contributed by atoms with Crippen LogP contribution in [-0.2, 0) is 6.54 Å². The number of nitrogens with one attached hydrogen (secondary N) is 1. The number of thioether (sulfide) groups is 1. The molecule has 2 heterocycles. The zero-order chi connectivity index (χ0) is 13.8. The topological polar surface area (TPSA) is 80.9 Å². The summed E-state index contributed by atoms with van der Waals surface area (Å²) in [5, 5.41) is 7.27. The smallest absolute Gasteiger partial charge is 0.254 e. The van der Waals surface area contributed by atoms with Crippen molar-refractivity contribution < 1.29 is 9.32 Å². The summed E-state index contributed by atoms with van der Waals surface area (Å²) in [7, 11) is 0. The van der Waals surface area contributed by atoms with Gasteiger partial charge in [-0.25, -0.2) is 9.97 Å². The Kier molecular flexibility index (Phi) is 4.16. The summed E-state index contributed by atoms with van der Waals surface area (Å²) in [4.78, 5) is 20.0. The van der Waals surface area contributed by atoms with Crippen LogP contribution in [0.25, 0.3) is 0 Å². The predicted octanol–water partition coefficient (Wildman–Crippen LogP) is 1.73. The van der Waals surface area contributed by atoms with Crippen LogP contribution in [0.3, 0.4) is 0 Å². The molecular weight excluding hydrogens is 264 g/mol. The van der Waals surface area contributed by atoms with Gasteiger partial charge in [-0.05, 0) is 20.1 Å². The van der Waals surface area contributed by atoms with E-state index in [1.807, 2.05) is 20.1 Å². The van der Waals surface area contributed by atoms with Crippen LogP contribution in [0.15, 0.2) is 22.1 Å². The highest BCUT2D eigenvalue weighted by Gasteiger charge is 2.12. The minimum atomic E-state index is -0.215. The Morgan fingerprint density at radius 2 is 2.05 bits per heavy atom. The molecular formula is C12H14N4O2S. The van der Waals surface area contributed by atoms with Crippen molar-refractivity contribution in [1.29, 1.82) is 0 Å². The number of carbonyl (C=O) groups is 1. The first kappa shape index (κ1) is 13.5. The maximum absolute atomic E-state index is 11.9. The monoisotopic (exact) mass is 278 g/mol. The fourth-order valence-corrected chi connectivity index (χ4v) is 1.88. The lowest BCUT2D eigenvalue weighted by Gasteiger charge is -2.04. The van der Waals surface area contributed by atoms with Gasteiger partial charge in [0, 0.05) is 24.5 Å². The Bertz CT molecular complexity index is 560. The number of hydrogen-bond donors (Lipinski definition) is 1. The van der Waals surface area contributed by atoms with Crippen molar-refractivity contribution >= 4 is 17.7 Å². The van der Waals surface area contributed by atoms with E-state index in [2.05, 4.69) is 20.4 Å². The second kappa shape index (κ2) is 5.83. The van der Waals surface area contributed by atoms with Crippen LogP contribution in [-0.4, -0.2) is 27.3 Å². The zero-order valence-corrected chi connectivity index (χ0v) is 11.7. The van der Waals surface area contributed by atoms with Gasteiger partial charge in [0.2, 0.25) is 0 Å². The van der Waals surface area contributed by atoms with Crippen molar-refractivity contribution in [3.05, 3.63) is 35.0 Å².